The van der Waals surface area contributed by atoms with Crippen molar-refractivity contribution in [3.05, 3.63) is 33.3 Å². The normalized spacial score (nSPS) is 10.5. The lowest BCUT2D eigenvalue weighted by molar-refractivity contribution is -0.383. The van der Waals surface area contributed by atoms with Crippen LogP contribution in [0.4, 0.5) is 11.4 Å². The van der Waals surface area contributed by atoms with E-state index in [2.05, 4.69) is 5.32 Å². The lowest BCUT2D eigenvalue weighted by Crippen LogP contribution is -2.15. The van der Waals surface area contributed by atoms with Crippen molar-refractivity contribution in [1.29, 1.82) is 0 Å². The molecule has 0 aliphatic carbocycles. The number of halogens is 1. The van der Waals surface area contributed by atoms with Crippen LogP contribution in [0.5, 0.6) is 0 Å². The van der Waals surface area contributed by atoms with Crippen LogP contribution in [-0.2, 0) is 9.47 Å². The Morgan fingerprint density at radius 1 is 1.25 bits per heavy atom. The highest BCUT2D eigenvalue weighted by molar-refractivity contribution is 6.30. The van der Waals surface area contributed by atoms with Gasteiger partial charge in [0.1, 0.15) is 5.69 Å². The van der Waals surface area contributed by atoms with Crippen molar-refractivity contribution in [2.24, 2.45) is 5.73 Å². The summed E-state index contributed by atoms with van der Waals surface area (Å²) in [6.45, 7) is 2.83. The molecule has 1 rings (SSSR count). The molecule has 8 heteroatoms. The summed E-state index contributed by atoms with van der Waals surface area (Å²) in [6, 6.07) is 4.48. The number of nitro groups is 1. The number of nitrogens with zero attached hydrogens (tertiary/aromatic N) is 1. The molecule has 0 atom stereocenters. The van der Waals surface area contributed by atoms with E-state index in [1.165, 1.54) is 6.07 Å². The summed E-state index contributed by atoms with van der Waals surface area (Å²) < 4.78 is 10.4. The van der Waals surface area contributed by atoms with Gasteiger partial charge in [-0.05, 0) is 12.1 Å². The fraction of sp³-hybridized carbons (Fsp3) is 0.500. The molecule has 0 amide bonds. The zero-order chi connectivity index (χ0) is 14.8. The Labute approximate surface area is 122 Å². The van der Waals surface area contributed by atoms with Crippen molar-refractivity contribution in [1.82, 2.24) is 0 Å². The van der Waals surface area contributed by atoms with E-state index < -0.39 is 4.92 Å². The number of nitrogens with one attached hydrogen (secondary N) is 1. The summed E-state index contributed by atoms with van der Waals surface area (Å²) in [5, 5.41) is 14.1. The third-order valence-electron chi connectivity index (χ3n) is 2.35. The molecule has 0 saturated heterocycles. The van der Waals surface area contributed by atoms with Crippen LogP contribution in [0.1, 0.15) is 0 Å². The molecule has 20 heavy (non-hydrogen) atoms. The van der Waals surface area contributed by atoms with Gasteiger partial charge in [0.05, 0.1) is 31.4 Å². The van der Waals surface area contributed by atoms with Gasteiger partial charge in [0.15, 0.2) is 0 Å². The van der Waals surface area contributed by atoms with E-state index in [1.54, 1.807) is 12.1 Å². The number of rotatable bonds is 10. The molecule has 7 nitrogen and oxygen atoms in total. The van der Waals surface area contributed by atoms with Crippen molar-refractivity contribution in [3.63, 3.8) is 0 Å². The van der Waals surface area contributed by atoms with Gasteiger partial charge < -0.3 is 20.5 Å². The molecular formula is C12H18ClN3O4. The number of anilines is 1. The molecular weight excluding hydrogens is 286 g/mol. The average molecular weight is 304 g/mol. The molecule has 0 aromatic heterocycles. The molecule has 0 fully saturated rings. The molecule has 0 radical (unpaired) electrons. The zero-order valence-corrected chi connectivity index (χ0v) is 11.8. The smallest absolute Gasteiger partial charge is 0.293 e. The minimum absolute atomic E-state index is 0.0521. The fourth-order valence-corrected chi connectivity index (χ4v) is 1.63. The topological polar surface area (TPSA) is 99.7 Å². The van der Waals surface area contributed by atoms with Gasteiger partial charge >= 0.3 is 0 Å². The first kappa shape index (κ1) is 16.6. The number of benzene rings is 1. The molecule has 0 spiro atoms. The molecule has 0 aliphatic rings. The highest BCUT2D eigenvalue weighted by Crippen LogP contribution is 2.27. The van der Waals surface area contributed by atoms with E-state index in [-0.39, 0.29) is 5.69 Å². The molecule has 0 bridgehead atoms. The Morgan fingerprint density at radius 2 is 1.95 bits per heavy atom. The maximum Gasteiger partial charge on any atom is 0.293 e. The number of nitro benzene ring substituents is 1. The Bertz CT molecular complexity index is 431. The van der Waals surface area contributed by atoms with Gasteiger partial charge in [-0.2, -0.15) is 0 Å². The summed E-state index contributed by atoms with van der Waals surface area (Å²) in [5.41, 5.74) is 5.63. The second-order valence-electron chi connectivity index (χ2n) is 3.86. The zero-order valence-electron chi connectivity index (χ0n) is 11.0. The van der Waals surface area contributed by atoms with Crippen LogP contribution in [0.25, 0.3) is 0 Å². The van der Waals surface area contributed by atoms with E-state index in [4.69, 9.17) is 26.8 Å². The Morgan fingerprint density at radius 3 is 2.60 bits per heavy atom. The standard InChI is InChI=1S/C12H18ClN3O4/c13-10-1-2-11(12(9-10)16(17)18)15-4-6-20-8-7-19-5-3-14/h1-2,9,15H,3-8,14H2. The molecule has 3 N–H and O–H groups in total. The highest BCUT2D eigenvalue weighted by atomic mass is 35.5. The van der Waals surface area contributed by atoms with Gasteiger partial charge in [-0.15, -0.1) is 0 Å². The Kier molecular flexibility index (Phi) is 7.89. The van der Waals surface area contributed by atoms with E-state index in [0.29, 0.717) is 50.2 Å². The Balaban J connectivity index is 2.27. The van der Waals surface area contributed by atoms with Gasteiger partial charge in [-0.25, -0.2) is 0 Å². The number of nitrogens with two attached hydrogens (primary N) is 1. The lowest BCUT2D eigenvalue weighted by Gasteiger charge is -2.08. The van der Waals surface area contributed by atoms with Crippen LogP contribution in [0, 0.1) is 10.1 Å². The Hall–Kier alpha value is -1.41. The molecule has 0 aliphatic heterocycles. The average Bonchev–Trinajstić information content (AvgIpc) is 2.43. The molecule has 0 heterocycles. The van der Waals surface area contributed by atoms with Crippen LogP contribution in [0.2, 0.25) is 5.02 Å². The summed E-state index contributed by atoms with van der Waals surface area (Å²) in [5.74, 6) is 0. The van der Waals surface area contributed by atoms with E-state index in [9.17, 15) is 10.1 Å². The van der Waals surface area contributed by atoms with E-state index in [0.717, 1.165) is 0 Å². The first-order chi connectivity index (χ1) is 9.65. The summed E-state index contributed by atoms with van der Waals surface area (Å²) >= 11 is 5.73. The van der Waals surface area contributed by atoms with Crippen molar-refractivity contribution in [2.45, 2.75) is 0 Å². The molecule has 112 valence electrons. The third-order valence-corrected chi connectivity index (χ3v) is 2.59. The molecule has 0 saturated carbocycles. The monoisotopic (exact) mass is 303 g/mol. The number of hydrogen-bond acceptors (Lipinski definition) is 6. The molecule has 1 aromatic carbocycles. The van der Waals surface area contributed by atoms with Crippen molar-refractivity contribution >= 4 is 23.0 Å². The van der Waals surface area contributed by atoms with Crippen LogP contribution >= 0.6 is 11.6 Å². The quantitative estimate of drug-likeness (QED) is 0.387. The van der Waals surface area contributed by atoms with Gasteiger partial charge in [0, 0.05) is 24.2 Å². The summed E-state index contributed by atoms with van der Waals surface area (Å²) in [6.07, 6.45) is 0. The first-order valence-electron chi connectivity index (χ1n) is 6.18. The predicted molar refractivity (Wildman–Crippen MR) is 77.3 cm³/mol. The fourth-order valence-electron chi connectivity index (χ4n) is 1.47. The number of ether oxygens (including phenoxy) is 2. The SMILES string of the molecule is NCCOCCOCCNc1ccc(Cl)cc1[N+](=O)[O-]. The minimum atomic E-state index is -0.476. The molecule has 0 unspecified atom stereocenters. The van der Waals surface area contributed by atoms with Crippen LogP contribution in [0.3, 0.4) is 0 Å². The summed E-state index contributed by atoms with van der Waals surface area (Å²) in [7, 11) is 0. The second kappa shape index (κ2) is 9.49. The van der Waals surface area contributed by atoms with E-state index in [1.807, 2.05) is 0 Å². The largest absolute Gasteiger partial charge is 0.378 e. The second-order valence-corrected chi connectivity index (χ2v) is 4.30. The maximum atomic E-state index is 10.9. The van der Waals surface area contributed by atoms with Gasteiger partial charge in [-0.1, -0.05) is 11.6 Å². The first-order valence-corrected chi connectivity index (χ1v) is 6.56. The van der Waals surface area contributed by atoms with Gasteiger partial charge in [0.2, 0.25) is 0 Å². The minimum Gasteiger partial charge on any atom is -0.378 e. The van der Waals surface area contributed by atoms with Crippen molar-refractivity contribution in [3.8, 4) is 0 Å². The van der Waals surface area contributed by atoms with Gasteiger partial charge in [-0.3, -0.25) is 10.1 Å². The van der Waals surface area contributed by atoms with Crippen LogP contribution in [-0.4, -0.2) is 44.4 Å². The van der Waals surface area contributed by atoms with Gasteiger partial charge in [0.25, 0.3) is 5.69 Å². The third kappa shape index (κ3) is 6.16. The van der Waals surface area contributed by atoms with Crippen LogP contribution < -0.4 is 11.1 Å². The van der Waals surface area contributed by atoms with E-state index >= 15 is 0 Å². The number of hydrogen-bond donors (Lipinski definition) is 2. The van der Waals surface area contributed by atoms with Crippen LogP contribution in [0.15, 0.2) is 18.2 Å². The lowest BCUT2D eigenvalue weighted by atomic mass is 10.2. The molecule has 1 aromatic rings. The summed E-state index contributed by atoms with van der Waals surface area (Å²) in [4.78, 5) is 10.4. The highest BCUT2D eigenvalue weighted by Gasteiger charge is 2.13. The van der Waals surface area contributed by atoms with Crippen molar-refractivity contribution in [2.75, 3.05) is 44.8 Å². The van der Waals surface area contributed by atoms with Crippen molar-refractivity contribution < 1.29 is 14.4 Å². The maximum absolute atomic E-state index is 10.9. The predicted octanol–water partition coefficient (Wildman–Crippen LogP) is 1.65.